The molecule has 0 spiro atoms. The molecule has 2 rings (SSSR count). The first-order chi connectivity index (χ1) is 14.2. The van der Waals surface area contributed by atoms with E-state index in [-0.39, 0.29) is 24.2 Å². The van der Waals surface area contributed by atoms with Crippen LogP contribution >= 0.6 is 0 Å². The van der Waals surface area contributed by atoms with Crippen molar-refractivity contribution in [3.8, 4) is 0 Å². The molecule has 4 heteroatoms. The Hall–Kier alpha value is -2.88. The summed E-state index contributed by atoms with van der Waals surface area (Å²) in [6.45, 7) is 8.79. The van der Waals surface area contributed by atoms with E-state index >= 15 is 0 Å². The van der Waals surface area contributed by atoms with Crippen LogP contribution in [0.15, 0.2) is 66.4 Å². The molecular formula is C26H32O4. The van der Waals surface area contributed by atoms with E-state index in [1.165, 1.54) is 11.8 Å². The summed E-state index contributed by atoms with van der Waals surface area (Å²) in [7, 11) is 0. The maximum atomic E-state index is 11.9. The highest BCUT2D eigenvalue weighted by Crippen LogP contribution is 2.22. The highest BCUT2D eigenvalue weighted by atomic mass is 16.5. The van der Waals surface area contributed by atoms with E-state index in [2.05, 4.69) is 45.0 Å². The molecular weight excluding hydrogens is 376 g/mol. The number of esters is 2. The molecule has 2 aromatic rings. The van der Waals surface area contributed by atoms with Gasteiger partial charge in [-0.25, -0.2) is 0 Å². The molecule has 0 N–H and O–H groups in total. The molecule has 0 saturated heterocycles. The molecule has 0 amide bonds. The fraction of sp³-hybridized carbons (Fsp3) is 0.385. The van der Waals surface area contributed by atoms with Gasteiger partial charge in [0.1, 0.15) is 0 Å². The lowest BCUT2D eigenvalue weighted by Gasteiger charge is -2.19. The van der Waals surface area contributed by atoms with E-state index in [4.69, 9.17) is 9.47 Å². The quantitative estimate of drug-likeness (QED) is 0.404. The Balaban J connectivity index is 1.67. The molecule has 30 heavy (non-hydrogen) atoms. The van der Waals surface area contributed by atoms with Gasteiger partial charge < -0.3 is 9.47 Å². The average Bonchev–Trinajstić information content (AvgIpc) is 2.71. The van der Waals surface area contributed by atoms with Gasteiger partial charge in [-0.15, -0.1) is 0 Å². The number of carbonyl (C=O) groups excluding carboxylic acids is 2. The summed E-state index contributed by atoms with van der Waals surface area (Å²) in [5.41, 5.74) is 4.63. The second-order valence-electron chi connectivity index (χ2n) is 8.53. The molecule has 0 saturated carbocycles. The monoisotopic (exact) mass is 408 g/mol. The van der Waals surface area contributed by atoms with Gasteiger partial charge in [-0.3, -0.25) is 9.59 Å². The zero-order valence-corrected chi connectivity index (χ0v) is 18.4. The summed E-state index contributed by atoms with van der Waals surface area (Å²) >= 11 is 0. The second-order valence-corrected chi connectivity index (χ2v) is 8.53. The minimum absolute atomic E-state index is 0.00816. The molecule has 0 radical (unpaired) electrons. The maximum absolute atomic E-state index is 11.9. The number of allylic oxidation sites excluding steroid dienone is 1. The molecule has 0 aliphatic rings. The molecule has 0 aromatic heterocycles. The molecule has 160 valence electrons. The maximum Gasteiger partial charge on any atom is 0.311 e. The van der Waals surface area contributed by atoms with Crippen LogP contribution < -0.4 is 0 Å². The SMILES string of the molecule is CC(=COC(=O)CCC(=O)OCCc1ccccc1)Cc1ccc(C(C)(C)C)cc1. The predicted octanol–water partition coefficient (Wildman–Crippen LogP) is 5.54. The van der Waals surface area contributed by atoms with Crippen LogP contribution in [-0.2, 0) is 37.3 Å². The van der Waals surface area contributed by atoms with Gasteiger partial charge in [0.25, 0.3) is 0 Å². The van der Waals surface area contributed by atoms with Crippen LogP contribution in [0.1, 0.15) is 57.2 Å². The number of carbonyl (C=O) groups is 2. The van der Waals surface area contributed by atoms with E-state index < -0.39 is 5.97 Å². The van der Waals surface area contributed by atoms with Crippen molar-refractivity contribution in [2.45, 2.75) is 58.8 Å². The van der Waals surface area contributed by atoms with Gasteiger partial charge >= 0.3 is 11.9 Å². The molecule has 0 aliphatic carbocycles. The van der Waals surface area contributed by atoms with Gasteiger partial charge in [0, 0.05) is 6.42 Å². The lowest BCUT2D eigenvalue weighted by atomic mass is 9.86. The summed E-state index contributed by atoms with van der Waals surface area (Å²) in [6.07, 6.45) is 2.87. The summed E-state index contributed by atoms with van der Waals surface area (Å²) < 4.78 is 10.3. The molecule has 0 aliphatic heterocycles. The number of hydrogen-bond donors (Lipinski definition) is 0. The van der Waals surface area contributed by atoms with Crippen LogP contribution in [0.4, 0.5) is 0 Å². The van der Waals surface area contributed by atoms with Gasteiger partial charge in [-0.2, -0.15) is 0 Å². The Morgan fingerprint density at radius 1 is 0.867 bits per heavy atom. The van der Waals surface area contributed by atoms with Crippen molar-refractivity contribution in [3.05, 3.63) is 83.1 Å². The fourth-order valence-electron chi connectivity index (χ4n) is 2.92. The van der Waals surface area contributed by atoms with Gasteiger partial charge in [0.05, 0.1) is 25.7 Å². The van der Waals surface area contributed by atoms with Crippen LogP contribution in [0.5, 0.6) is 0 Å². The zero-order chi connectivity index (χ0) is 22.0. The number of rotatable bonds is 9. The molecule has 0 unspecified atom stereocenters. The van der Waals surface area contributed by atoms with E-state index in [9.17, 15) is 9.59 Å². The Morgan fingerprint density at radius 3 is 2.13 bits per heavy atom. The Kier molecular flexibility index (Phi) is 8.85. The second kappa shape index (κ2) is 11.3. The third-order valence-corrected chi connectivity index (χ3v) is 4.72. The third kappa shape index (κ3) is 8.64. The summed E-state index contributed by atoms with van der Waals surface area (Å²) in [6, 6.07) is 18.3. The Labute approximate surface area is 179 Å². The standard InChI is InChI=1S/C26H32O4/c1-20(18-22-10-12-23(13-11-22)26(2,3)4)19-30-25(28)15-14-24(27)29-17-16-21-8-6-5-7-9-21/h5-13,19H,14-18H2,1-4H3. The smallest absolute Gasteiger partial charge is 0.311 e. The lowest BCUT2D eigenvalue weighted by Crippen LogP contribution is -2.11. The Morgan fingerprint density at radius 2 is 1.50 bits per heavy atom. The lowest BCUT2D eigenvalue weighted by molar-refractivity contribution is -0.147. The topological polar surface area (TPSA) is 52.6 Å². The van der Waals surface area contributed by atoms with Crippen molar-refractivity contribution < 1.29 is 19.1 Å². The fourth-order valence-corrected chi connectivity index (χ4v) is 2.92. The van der Waals surface area contributed by atoms with Crippen molar-refractivity contribution in [3.63, 3.8) is 0 Å². The van der Waals surface area contributed by atoms with E-state index in [1.54, 1.807) is 0 Å². The minimum atomic E-state index is -0.433. The van der Waals surface area contributed by atoms with Crippen molar-refractivity contribution >= 4 is 11.9 Å². The summed E-state index contributed by atoms with van der Waals surface area (Å²) in [4.78, 5) is 23.6. The first kappa shape index (κ1) is 23.4. The van der Waals surface area contributed by atoms with Crippen molar-refractivity contribution in [2.75, 3.05) is 6.61 Å². The Bertz CT molecular complexity index is 843. The van der Waals surface area contributed by atoms with Gasteiger partial charge in [0.2, 0.25) is 0 Å². The molecule has 0 atom stereocenters. The first-order valence-electron chi connectivity index (χ1n) is 10.4. The molecule has 2 aromatic carbocycles. The molecule has 0 heterocycles. The highest BCUT2D eigenvalue weighted by molar-refractivity contribution is 5.77. The molecule has 0 fully saturated rings. The van der Waals surface area contributed by atoms with Crippen LogP contribution in [0, 0.1) is 0 Å². The van der Waals surface area contributed by atoms with Crippen molar-refractivity contribution in [2.24, 2.45) is 0 Å². The van der Waals surface area contributed by atoms with Crippen molar-refractivity contribution in [1.29, 1.82) is 0 Å². The van der Waals surface area contributed by atoms with Crippen LogP contribution in [-0.4, -0.2) is 18.5 Å². The number of benzene rings is 2. The average molecular weight is 409 g/mol. The third-order valence-electron chi connectivity index (χ3n) is 4.72. The summed E-state index contributed by atoms with van der Waals surface area (Å²) in [5.74, 6) is -0.819. The van der Waals surface area contributed by atoms with Crippen LogP contribution in [0.3, 0.4) is 0 Å². The predicted molar refractivity (Wildman–Crippen MR) is 119 cm³/mol. The van der Waals surface area contributed by atoms with Gasteiger partial charge in [-0.1, -0.05) is 75.4 Å². The zero-order valence-electron chi connectivity index (χ0n) is 18.4. The first-order valence-corrected chi connectivity index (χ1v) is 10.4. The summed E-state index contributed by atoms with van der Waals surface area (Å²) in [5, 5.41) is 0. The molecule has 4 nitrogen and oxygen atoms in total. The van der Waals surface area contributed by atoms with Crippen LogP contribution in [0.25, 0.3) is 0 Å². The van der Waals surface area contributed by atoms with E-state index in [0.717, 1.165) is 16.7 Å². The van der Waals surface area contributed by atoms with E-state index in [0.29, 0.717) is 19.4 Å². The van der Waals surface area contributed by atoms with Gasteiger partial charge in [-0.05, 0) is 41.0 Å². The number of ether oxygens (including phenoxy) is 2. The normalized spacial score (nSPS) is 11.8. The number of hydrogen-bond acceptors (Lipinski definition) is 4. The van der Waals surface area contributed by atoms with Gasteiger partial charge in [0.15, 0.2) is 0 Å². The minimum Gasteiger partial charge on any atom is -0.465 e. The molecule has 0 bridgehead atoms. The van der Waals surface area contributed by atoms with Crippen LogP contribution in [0.2, 0.25) is 0 Å². The largest absolute Gasteiger partial charge is 0.465 e. The highest BCUT2D eigenvalue weighted by Gasteiger charge is 2.13. The van der Waals surface area contributed by atoms with E-state index in [1.807, 2.05) is 37.3 Å². The van der Waals surface area contributed by atoms with Crippen molar-refractivity contribution in [1.82, 2.24) is 0 Å².